The zero-order valence-corrected chi connectivity index (χ0v) is 19.7. The number of amides is 1. The van der Waals surface area contributed by atoms with Crippen LogP contribution in [0, 0.1) is 5.82 Å². The van der Waals surface area contributed by atoms with E-state index < -0.39 is 0 Å². The van der Waals surface area contributed by atoms with Crippen LogP contribution >= 0.6 is 23.4 Å². The fraction of sp³-hybridized carbons (Fsp3) is 0.375. The van der Waals surface area contributed by atoms with Gasteiger partial charge in [-0.05, 0) is 54.8 Å². The second-order valence-electron chi connectivity index (χ2n) is 7.93. The molecule has 33 heavy (non-hydrogen) atoms. The minimum Gasteiger partial charge on any atom is -0.484 e. The van der Waals surface area contributed by atoms with Gasteiger partial charge in [0.1, 0.15) is 11.6 Å². The fourth-order valence-electron chi connectivity index (χ4n) is 3.84. The van der Waals surface area contributed by atoms with Crippen LogP contribution in [0.4, 0.5) is 4.39 Å². The van der Waals surface area contributed by atoms with Crippen LogP contribution in [0.15, 0.2) is 58.2 Å². The smallest absolute Gasteiger partial charge is 0.277 e. The molecule has 2 aromatic carbocycles. The molecule has 1 aliphatic rings. The van der Waals surface area contributed by atoms with Gasteiger partial charge < -0.3 is 14.1 Å². The first-order valence-electron chi connectivity index (χ1n) is 10.9. The van der Waals surface area contributed by atoms with Gasteiger partial charge in [-0.2, -0.15) is 0 Å². The van der Waals surface area contributed by atoms with E-state index in [9.17, 15) is 9.18 Å². The summed E-state index contributed by atoms with van der Waals surface area (Å²) in [5.74, 6) is 0.893. The third-order valence-electron chi connectivity index (χ3n) is 5.55. The van der Waals surface area contributed by atoms with Crippen molar-refractivity contribution >= 4 is 29.3 Å². The fourth-order valence-corrected chi connectivity index (χ4v) is 4.63. The van der Waals surface area contributed by atoms with E-state index >= 15 is 0 Å². The first-order valence-corrected chi connectivity index (χ1v) is 12.3. The molecular formula is C24H25ClFN3O3S. The van der Waals surface area contributed by atoms with Crippen LogP contribution in [0.2, 0.25) is 5.02 Å². The molecule has 1 fully saturated rings. The number of hydrogen-bond donors (Lipinski definition) is 0. The van der Waals surface area contributed by atoms with Crippen LogP contribution in [-0.2, 0) is 17.9 Å². The highest BCUT2D eigenvalue weighted by atomic mass is 35.5. The number of benzene rings is 2. The maximum absolute atomic E-state index is 13.3. The van der Waals surface area contributed by atoms with E-state index in [2.05, 4.69) is 10.2 Å². The van der Waals surface area contributed by atoms with E-state index in [1.807, 2.05) is 4.90 Å². The molecule has 1 aliphatic carbocycles. The molecule has 9 heteroatoms. The Morgan fingerprint density at radius 1 is 1.09 bits per heavy atom. The van der Waals surface area contributed by atoms with Crippen molar-refractivity contribution in [3.63, 3.8) is 0 Å². The molecule has 1 amide bonds. The lowest BCUT2D eigenvalue weighted by molar-refractivity contribution is -0.132. The van der Waals surface area contributed by atoms with Gasteiger partial charge in [-0.3, -0.25) is 4.79 Å². The van der Waals surface area contributed by atoms with Crippen molar-refractivity contribution in [1.29, 1.82) is 0 Å². The van der Waals surface area contributed by atoms with Gasteiger partial charge in [0.15, 0.2) is 6.61 Å². The number of ether oxygens (including phenoxy) is 1. The highest BCUT2D eigenvalue weighted by Gasteiger charge is 2.26. The van der Waals surface area contributed by atoms with Crippen molar-refractivity contribution in [2.24, 2.45) is 0 Å². The molecule has 1 heterocycles. The van der Waals surface area contributed by atoms with E-state index in [0.717, 1.165) is 31.2 Å². The van der Waals surface area contributed by atoms with Crippen LogP contribution < -0.4 is 4.74 Å². The Labute approximate surface area is 201 Å². The van der Waals surface area contributed by atoms with Crippen LogP contribution in [-0.4, -0.2) is 32.8 Å². The predicted octanol–water partition coefficient (Wildman–Crippen LogP) is 5.89. The van der Waals surface area contributed by atoms with Crippen molar-refractivity contribution in [1.82, 2.24) is 15.1 Å². The number of thioether (sulfide) groups is 1. The zero-order valence-electron chi connectivity index (χ0n) is 18.1. The maximum Gasteiger partial charge on any atom is 0.277 e. The molecular weight excluding hydrogens is 465 g/mol. The molecule has 1 aromatic heterocycles. The molecule has 0 saturated heterocycles. The van der Waals surface area contributed by atoms with Crippen LogP contribution in [0.5, 0.6) is 5.75 Å². The molecule has 4 rings (SSSR count). The van der Waals surface area contributed by atoms with E-state index in [-0.39, 0.29) is 30.1 Å². The predicted molar refractivity (Wildman–Crippen MR) is 125 cm³/mol. The Kier molecular flexibility index (Phi) is 8.23. The van der Waals surface area contributed by atoms with Gasteiger partial charge in [0.2, 0.25) is 5.91 Å². The van der Waals surface area contributed by atoms with E-state index in [1.165, 1.54) is 30.3 Å². The van der Waals surface area contributed by atoms with Crippen LogP contribution in [0.25, 0.3) is 0 Å². The maximum atomic E-state index is 13.3. The lowest BCUT2D eigenvalue weighted by atomic mass is 9.94. The molecule has 0 unspecified atom stereocenters. The SMILES string of the molecule is O=C(CSc1nnc(COc2ccc(Cl)cc2)o1)N(Cc1ccc(F)cc1)C1CCCCC1. The summed E-state index contributed by atoms with van der Waals surface area (Å²) in [7, 11) is 0. The van der Waals surface area contributed by atoms with Gasteiger partial charge in [-0.15, -0.1) is 10.2 Å². The van der Waals surface area contributed by atoms with Gasteiger partial charge in [-0.25, -0.2) is 4.39 Å². The number of halogens is 2. The summed E-state index contributed by atoms with van der Waals surface area (Å²) in [6.07, 6.45) is 5.42. The Morgan fingerprint density at radius 2 is 1.82 bits per heavy atom. The third-order valence-corrected chi connectivity index (χ3v) is 6.60. The molecule has 0 radical (unpaired) electrons. The van der Waals surface area contributed by atoms with Gasteiger partial charge in [0.05, 0.1) is 5.75 Å². The van der Waals surface area contributed by atoms with Crippen molar-refractivity contribution in [3.8, 4) is 5.75 Å². The number of rotatable bonds is 9. The minimum atomic E-state index is -0.280. The Bertz CT molecular complexity index is 1040. The molecule has 0 spiro atoms. The van der Waals surface area contributed by atoms with Crippen LogP contribution in [0.3, 0.4) is 0 Å². The molecule has 0 aliphatic heterocycles. The van der Waals surface area contributed by atoms with Gasteiger partial charge in [-0.1, -0.05) is 54.8 Å². The number of hydrogen-bond acceptors (Lipinski definition) is 6. The lowest BCUT2D eigenvalue weighted by Gasteiger charge is -2.34. The highest BCUT2D eigenvalue weighted by molar-refractivity contribution is 7.99. The molecule has 3 aromatic rings. The van der Waals surface area contributed by atoms with Crippen LogP contribution in [0.1, 0.15) is 43.6 Å². The summed E-state index contributed by atoms with van der Waals surface area (Å²) in [6, 6.07) is 13.5. The quantitative estimate of drug-likeness (QED) is 0.349. The summed E-state index contributed by atoms with van der Waals surface area (Å²) in [4.78, 5) is 15.1. The van der Waals surface area contributed by atoms with Crippen molar-refractivity contribution in [2.75, 3.05) is 5.75 Å². The highest BCUT2D eigenvalue weighted by Crippen LogP contribution is 2.26. The monoisotopic (exact) mass is 489 g/mol. The second-order valence-corrected chi connectivity index (χ2v) is 9.30. The Morgan fingerprint density at radius 3 is 2.55 bits per heavy atom. The molecule has 0 atom stereocenters. The first kappa shape index (κ1) is 23.6. The second kappa shape index (κ2) is 11.5. The molecule has 174 valence electrons. The van der Waals surface area contributed by atoms with Gasteiger partial charge >= 0.3 is 0 Å². The molecule has 0 N–H and O–H groups in total. The van der Waals surface area contributed by atoms with E-state index in [1.54, 1.807) is 36.4 Å². The standard InChI is InChI=1S/C24H25ClFN3O3S/c25-18-8-12-21(13-9-18)31-15-22-27-28-24(32-22)33-16-23(30)29(20-4-2-1-3-5-20)14-17-6-10-19(26)11-7-17/h6-13,20H,1-5,14-16H2. The average molecular weight is 490 g/mol. The number of carbonyl (C=O) groups is 1. The Hall–Kier alpha value is -2.58. The van der Waals surface area contributed by atoms with E-state index in [0.29, 0.717) is 28.4 Å². The third kappa shape index (κ3) is 6.95. The Balaban J connectivity index is 1.33. The van der Waals surface area contributed by atoms with Crippen molar-refractivity contribution < 1.29 is 18.3 Å². The molecule has 0 bridgehead atoms. The zero-order chi connectivity index (χ0) is 23.0. The van der Waals surface area contributed by atoms with E-state index in [4.69, 9.17) is 20.8 Å². The number of carbonyl (C=O) groups excluding carboxylic acids is 1. The minimum absolute atomic E-state index is 0.00777. The summed E-state index contributed by atoms with van der Waals surface area (Å²) >= 11 is 7.08. The largest absolute Gasteiger partial charge is 0.484 e. The molecule has 1 saturated carbocycles. The number of aromatic nitrogens is 2. The summed E-state index contributed by atoms with van der Waals surface area (Å²) < 4.78 is 24.5. The normalized spacial score (nSPS) is 14.2. The van der Waals surface area contributed by atoms with Gasteiger partial charge in [0.25, 0.3) is 11.1 Å². The van der Waals surface area contributed by atoms with Gasteiger partial charge in [0, 0.05) is 17.6 Å². The number of nitrogens with zero attached hydrogens (tertiary/aromatic N) is 3. The molecule has 6 nitrogen and oxygen atoms in total. The lowest BCUT2D eigenvalue weighted by Crippen LogP contribution is -2.41. The van der Waals surface area contributed by atoms with Crippen molar-refractivity contribution in [3.05, 3.63) is 70.8 Å². The first-order chi connectivity index (χ1) is 16.1. The topological polar surface area (TPSA) is 68.5 Å². The summed E-state index contributed by atoms with van der Waals surface area (Å²) in [5.41, 5.74) is 0.916. The summed E-state index contributed by atoms with van der Waals surface area (Å²) in [5, 5.41) is 8.95. The van der Waals surface area contributed by atoms with Crippen molar-refractivity contribution in [2.45, 2.75) is 56.5 Å². The summed E-state index contributed by atoms with van der Waals surface area (Å²) in [6.45, 7) is 0.594. The average Bonchev–Trinajstić information content (AvgIpc) is 3.30.